The van der Waals surface area contributed by atoms with Crippen LogP contribution in [0.3, 0.4) is 0 Å². The van der Waals surface area contributed by atoms with Gasteiger partial charge in [0.25, 0.3) is 0 Å². The Labute approximate surface area is 76.0 Å². The Morgan fingerprint density at radius 3 is 2.00 bits per heavy atom. The minimum atomic E-state index is -1.51. The topological polar surface area (TPSA) is 110 Å². The molecule has 1 heterocycles. The van der Waals surface area contributed by atoms with Gasteiger partial charge < -0.3 is 30.3 Å². The molecule has 0 spiro atoms. The number of hydrogen-bond acceptors (Lipinski definition) is 6. The SMILES string of the molecule is C.OCC(O)[C@H]1O[C@@H](O)[C@H](O)[C@H]1O. The van der Waals surface area contributed by atoms with E-state index in [-0.39, 0.29) is 7.43 Å². The van der Waals surface area contributed by atoms with E-state index in [1.165, 1.54) is 0 Å². The van der Waals surface area contributed by atoms with Crippen LogP contribution in [0.4, 0.5) is 0 Å². The van der Waals surface area contributed by atoms with Gasteiger partial charge in [-0.1, -0.05) is 7.43 Å². The van der Waals surface area contributed by atoms with Gasteiger partial charge in [-0.15, -0.1) is 0 Å². The normalized spacial score (nSPS) is 41.3. The summed E-state index contributed by atoms with van der Waals surface area (Å²) in [6.07, 6.45) is -6.75. The Balaban J connectivity index is 0.00000144. The van der Waals surface area contributed by atoms with E-state index < -0.39 is 37.3 Å². The smallest absolute Gasteiger partial charge is 0.184 e. The maximum atomic E-state index is 9.12. The van der Waals surface area contributed by atoms with Crippen LogP contribution in [-0.4, -0.2) is 62.8 Å². The molecule has 5 N–H and O–H groups in total. The summed E-state index contributed by atoms with van der Waals surface area (Å²) in [5.41, 5.74) is 0. The van der Waals surface area contributed by atoms with Crippen LogP contribution in [0, 0.1) is 0 Å². The van der Waals surface area contributed by atoms with E-state index in [4.69, 9.17) is 25.5 Å². The van der Waals surface area contributed by atoms with Crippen molar-refractivity contribution in [2.75, 3.05) is 6.61 Å². The molecule has 6 heteroatoms. The molecular weight excluding hydrogens is 180 g/mol. The minimum absolute atomic E-state index is 0. The van der Waals surface area contributed by atoms with Crippen LogP contribution in [0.25, 0.3) is 0 Å². The second kappa shape index (κ2) is 4.85. The second-order valence-electron chi connectivity index (χ2n) is 2.72. The van der Waals surface area contributed by atoms with E-state index in [1.807, 2.05) is 0 Å². The van der Waals surface area contributed by atoms with E-state index in [1.54, 1.807) is 0 Å². The molecule has 0 radical (unpaired) electrons. The first-order chi connectivity index (χ1) is 5.57. The summed E-state index contributed by atoms with van der Waals surface area (Å²) in [7, 11) is 0. The van der Waals surface area contributed by atoms with Crippen LogP contribution < -0.4 is 0 Å². The van der Waals surface area contributed by atoms with Crippen molar-refractivity contribution in [1.29, 1.82) is 0 Å². The van der Waals surface area contributed by atoms with Crippen molar-refractivity contribution < 1.29 is 30.3 Å². The monoisotopic (exact) mass is 196 g/mol. The molecule has 1 aliphatic heterocycles. The predicted molar refractivity (Wildman–Crippen MR) is 42.7 cm³/mol. The van der Waals surface area contributed by atoms with Gasteiger partial charge in [-0.3, -0.25) is 0 Å². The third kappa shape index (κ3) is 2.37. The fraction of sp³-hybridized carbons (Fsp3) is 1.00. The maximum absolute atomic E-state index is 9.12. The van der Waals surface area contributed by atoms with Gasteiger partial charge in [0.05, 0.1) is 6.61 Å². The standard InChI is InChI=1S/C6H12O6.CH4/c7-1-2(8)5-3(9)4(10)6(11)12-5;/h2-11H,1H2;1H4/t2?,3-,4-,5-,6-;/m1./s1. The van der Waals surface area contributed by atoms with E-state index in [2.05, 4.69) is 4.74 Å². The summed E-state index contributed by atoms with van der Waals surface area (Å²) in [5, 5.41) is 44.4. The zero-order chi connectivity index (χ0) is 9.30. The quantitative estimate of drug-likeness (QED) is 0.331. The van der Waals surface area contributed by atoms with E-state index in [0.717, 1.165) is 0 Å². The molecule has 1 aliphatic rings. The Morgan fingerprint density at radius 1 is 1.15 bits per heavy atom. The molecule has 0 aromatic carbocycles. The first-order valence-electron chi connectivity index (χ1n) is 3.56. The van der Waals surface area contributed by atoms with Crippen molar-refractivity contribution in [1.82, 2.24) is 0 Å². The van der Waals surface area contributed by atoms with E-state index >= 15 is 0 Å². The van der Waals surface area contributed by atoms with Crippen LogP contribution in [0.15, 0.2) is 0 Å². The van der Waals surface area contributed by atoms with Crippen LogP contribution in [-0.2, 0) is 4.74 Å². The third-order valence-corrected chi connectivity index (χ3v) is 1.84. The summed E-state index contributed by atoms with van der Waals surface area (Å²) in [4.78, 5) is 0. The van der Waals surface area contributed by atoms with Gasteiger partial charge in [0, 0.05) is 0 Å². The van der Waals surface area contributed by atoms with Crippen LogP contribution in [0.2, 0.25) is 0 Å². The Hall–Kier alpha value is -0.240. The molecule has 0 amide bonds. The molecule has 0 aliphatic carbocycles. The molecule has 1 fully saturated rings. The van der Waals surface area contributed by atoms with Crippen LogP contribution >= 0.6 is 0 Å². The van der Waals surface area contributed by atoms with Crippen molar-refractivity contribution in [2.24, 2.45) is 0 Å². The van der Waals surface area contributed by atoms with E-state index in [9.17, 15) is 0 Å². The van der Waals surface area contributed by atoms with Gasteiger partial charge in [-0.25, -0.2) is 0 Å². The molecule has 0 saturated carbocycles. The number of aliphatic hydroxyl groups is 5. The fourth-order valence-electron chi connectivity index (χ4n) is 1.11. The first kappa shape index (κ1) is 12.8. The molecule has 0 aromatic rings. The highest BCUT2D eigenvalue weighted by atomic mass is 16.6. The first-order valence-corrected chi connectivity index (χ1v) is 3.56. The van der Waals surface area contributed by atoms with Gasteiger partial charge in [-0.05, 0) is 0 Å². The van der Waals surface area contributed by atoms with Gasteiger partial charge in [-0.2, -0.15) is 0 Å². The summed E-state index contributed by atoms with van der Waals surface area (Å²) in [5.74, 6) is 0. The average molecular weight is 196 g/mol. The second-order valence-corrected chi connectivity index (χ2v) is 2.72. The Morgan fingerprint density at radius 2 is 1.69 bits per heavy atom. The molecule has 0 bridgehead atoms. The lowest BCUT2D eigenvalue weighted by Crippen LogP contribution is -2.40. The van der Waals surface area contributed by atoms with Crippen molar-refractivity contribution >= 4 is 0 Å². The lowest BCUT2D eigenvalue weighted by atomic mass is 10.1. The lowest BCUT2D eigenvalue weighted by Gasteiger charge is -2.18. The fourth-order valence-corrected chi connectivity index (χ4v) is 1.11. The largest absolute Gasteiger partial charge is 0.394 e. The zero-order valence-corrected chi connectivity index (χ0v) is 6.24. The number of aliphatic hydroxyl groups excluding tert-OH is 5. The summed E-state index contributed by atoms with van der Waals surface area (Å²) in [6, 6.07) is 0. The molecule has 5 atom stereocenters. The van der Waals surface area contributed by atoms with Gasteiger partial charge >= 0.3 is 0 Å². The molecular formula is C7H16O6. The van der Waals surface area contributed by atoms with Crippen LogP contribution in [0.1, 0.15) is 7.43 Å². The maximum Gasteiger partial charge on any atom is 0.184 e. The number of ether oxygens (including phenoxy) is 1. The van der Waals surface area contributed by atoms with Crippen molar-refractivity contribution in [3.63, 3.8) is 0 Å². The molecule has 1 unspecified atom stereocenters. The van der Waals surface area contributed by atoms with E-state index in [0.29, 0.717) is 0 Å². The highest BCUT2D eigenvalue weighted by Gasteiger charge is 2.44. The summed E-state index contributed by atoms with van der Waals surface area (Å²) in [6.45, 7) is -0.596. The molecule has 1 saturated heterocycles. The Bertz CT molecular complexity index is 152. The molecule has 6 nitrogen and oxygen atoms in total. The van der Waals surface area contributed by atoms with Crippen molar-refractivity contribution in [3.05, 3.63) is 0 Å². The van der Waals surface area contributed by atoms with Crippen molar-refractivity contribution in [3.8, 4) is 0 Å². The minimum Gasteiger partial charge on any atom is -0.394 e. The summed E-state index contributed by atoms with van der Waals surface area (Å²) < 4.78 is 4.58. The molecule has 0 aromatic heterocycles. The van der Waals surface area contributed by atoms with Gasteiger partial charge in [0.15, 0.2) is 6.29 Å². The average Bonchev–Trinajstić information content (AvgIpc) is 2.32. The molecule has 13 heavy (non-hydrogen) atoms. The van der Waals surface area contributed by atoms with Crippen molar-refractivity contribution in [2.45, 2.75) is 38.1 Å². The zero-order valence-electron chi connectivity index (χ0n) is 6.24. The highest BCUT2D eigenvalue weighted by Crippen LogP contribution is 2.21. The molecule has 80 valence electrons. The Kier molecular flexibility index (Phi) is 4.76. The summed E-state index contributed by atoms with van der Waals surface area (Å²) >= 11 is 0. The van der Waals surface area contributed by atoms with Gasteiger partial charge in [0.1, 0.15) is 24.4 Å². The number of rotatable bonds is 2. The molecule has 1 rings (SSSR count). The predicted octanol–water partition coefficient (Wildman–Crippen LogP) is -2.59. The highest BCUT2D eigenvalue weighted by molar-refractivity contribution is 4.89. The lowest BCUT2D eigenvalue weighted by molar-refractivity contribution is -0.150. The third-order valence-electron chi connectivity index (χ3n) is 1.84. The number of hydrogen-bond donors (Lipinski definition) is 5. The van der Waals surface area contributed by atoms with Crippen LogP contribution in [0.5, 0.6) is 0 Å². The van der Waals surface area contributed by atoms with Gasteiger partial charge in [0.2, 0.25) is 0 Å².